The first kappa shape index (κ1) is 11.3. The van der Waals surface area contributed by atoms with E-state index in [1.807, 2.05) is 11.8 Å². The van der Waals surface area contributed by atoms with Crippen LogP contribution in [-0.4, -0.2) is 11.1 Å². The minimum Gasteiger partial charge on any atom is -0.126 e. The minimum atomic E-state index is 0.446. The molecule has 1 aromatic carbocycles. The van der Waals surface area contributed by atoms with Crippen LogP contribution in [0.1, 0.15) is 25.7 Å². The lowest BCUT2D eigenvalue weighted by Crippen LogP contribution is -2.07. The van der Waals surface area contributed by atoms with Crippen LogP contribution in [0.15, 0.2) is 35.2 Å². The van der Waals surface area contributed by atoms with Gasteiger partial charge in [0.05, 0.1) is 0 Å². The highest BCUT2D eigenvalue weighted by molar-refractivity contribution is 7.99. The van der Waals surface area contributed by atoms with Gasteiger partial charge in [0.15, 0.2) is 0 Å². The molecule has 0 aliphatic heterocycles. The molecule has 2 atom stereocenters. The van der Waals surface area contributed by atoms with E-state index < -0.39 is 0 Å². The molecular weight excluding hydrogens is 224 g/mol. The molecule has 0 radical (unpaired) electrons. The van der Waals surface area contributed by atoms with Gasteiger partial charge in [-0.15, -0.1) is 23.4 Å². The van der Waals surface area contributed by atoms with Crippen LogP contribution >= 0.6 is 23.4 Å². The van der Waals surface area contributed by atoms with Crippen LogP contribution in [-0.2, 0) is 0 Å². The molecule has 2 rings (SSSR count). The molecule has 0 bridgehead atoms. The number of halogens is 1. The molecule has 1 aliphatic rings. The quantitative estimate of drug-likeness (QED) is 0.549. The van der Waals surface area contributed by atoms with Crippen LogP contribution in [0.2, 0.25) is 0 Å². The summed E-state index contributed by atoms with van der Waals surface area (Å²) in [7, 11) is 0. The summed E-state index contributed by atoms with van der Waals surface area (Å²) in [5.74, 6) is 1.97. The number of alkyl halides is 1. The van der Waals surface area contributed by atoms with Crippen LogP contribution in [0.4, 0.5) is 0 Å². The van der Waals surface area contributed by atoms with Gasteiger partial charge in [0.1, 0.15) is 0 Å². The monoisotopic (exact) mass is 240 g/mol. The Balaban J connectivity index is 1.71. The Morgan fingerprint density at radius 1 is 1.20 bits per heavy atom. The third-order valence-corrected chi connectivity index (χ3v) is 4.69. The van der Waals surface area contributed by atoms with Crippen molar-refractivity contribution in [2.75, 3.05) is 5.75 Å². The molecule has 0 amide bonds. The smallest absolute Gasteiger partial charge is 0.0364 e. The van der Waals surface area contributed by atoms with Crippen LogP contribution in [0.3, 0.4) is 0 Å². The van der Waals surface area contributed by atoms with Crippen molar-refractivity contribution in [2.45, 2.75) is 36.0 Å². The molecule has 0 spiro atoms. The van der Waals surface area contributed by atoms with E-state index in [4.69, 9.17) is 11.6 Å². The maximum atomic E-state index is 6.25. The molecule has 82 valence electrons. The number of rotatable bonds is 4. The van der Waals surface area contributed by atoms with Crippen molar-refractivity contribution < 1.29 is 0 Å². The Kier molecular flexibility index (Phi) is 4.40. The van der Waals surface area contributed by atoms with Crippen molar-refractivity contribution >= 4 is 23.4 Å². The third kappa shape index (κ3) is 3.42. The number of hydrogen-bond donors (Lipinski definition) is 0. The highest BCUT2D eigenvalue weighted by Gasteiger charge is 2.24. The van der Waals surface area contributed by atoms with E-state index in [0.717, 1.165) is 5.92 Å². The van der Waals surface area contributed by atoms with Crippen molar-refractivity contribution in [3.63, 3.8) is 0 Å². The largest absolute Gasteiger partial charge is 0.126 e. The number of benzene rings is 1. The van der Waals surface area contributed by atoms with Gasteiger partial charge in [-0.25, -0.2) is 0 Å². The molecule has 1 saturated carbocycles. The lowest BCUT2D eigenvalue weighted by atomic mass is 10.1. The lowest BCUT2D eigenvalue weighted by Gasteiger charge is -2.12. The predicted molar refractivity (Wildman–Crippen MR) is 68.8 cm³/mol. The summed E-state index contributed by atoms with van der Waals surface area (Å²) in [5, 5.41) is 0.446. The van der Waals surface area contributed by atoms with E-state index in [1.165, 1.54) is 36.3 Å². The Labute approximate surface area is 101 Å². The maximum Gasteiger partial charge on any atom is 0.0364 e. The molecule has 0 heterocycles. The molecule has 0 aromatic heterocycles. The Morgan fingerprint density at radius 2 is 2.00 bits per heavy atom. The van der Waals surface area contributed by atoms with Gasteiger partial charge in [-0.1, -0.05) is 24.6 Å². The van der Waals surface area contributed by atoms with Crippen molar-refractivity contribution in [2.24, 2.45) is 5.92 Å². The standard InChI is InChI=1S/C13H17ClS/c14-13-8-4-5-11(13)9-10-15-12-6-2-1-3-7-12/h1-3,6-7,11,13H,4-5,8-10H2. The third-order valence-electron chi connectivity index (χ3n) is 3.07. The first-order valence-electron chi connectivity index (χ1n) is 5.68. The molecule has 0 N–H and O–H groups in total. The highest BCUT2D eigenvalue weighted by Crippen LogP contribution is 2.34. The second-order valence-corrected chi connectivity index (χ2v) is 5.89. The van der Waals surface area contributed by atoms with Crippen LogP contribution in [0.25, 0.3) is 0 Å². The molecule has 15 heavy (non-hydrogen) atoms. The zero-order chi connectivity index (χ0) is 10.5. The van der Waals surface area contributed by atoms with E-state index >= 15 is 0 Å². The molecule has 1 aromatic rings. The predicted octanol–water partition coefficient (Wildman–Crippen LogP) is 4.58. The molecule has 2 unspecified atom stereocenters. The van der Waals surface area contributed by atoms with Gasteiger partial charge in [0.25, 0.3) is 0 Å². The molecular formula is C13H17ClS. The lowest BCUT2D eigenvalue weighted by molar-refractivity contribution is 0.541. The van der Waals surface area contributed by atoms with Crippen LogP contribution in [0, 0.1) is 5.92 Å². The van der Waals surface area contributed by atoms with Crippen LogP contribution < -0.4 is 0 Å². The molecule has 0 nitrogen and oxygen atoms in total. The minimum absolute atomic E-state index is 0.446. The molecule has 0 saturated heterocycles. The second-order valence-electron chi connectivity index (χ2n) is 4.16. The van der Waals surface area contributed by atoms with E-state index in [9.17, 15) is 0 Å². The van der Waals surface area contributed by atoms with E-state index in [0.29, 0.717) is 5.38 Å². The van der Waals surface area contributed by atoms with E-state index in [1.54, 1.807) is 0 Å². The zero-order valence-corrected chi connectivity index (χ0v) is 10.4. The average Bonchev–Trinajstić information content (AvgIpc) is 2.66. The van der Waals surface area contributed by atoms with Gasteiger partial charge in [-0.3, -0.25) is 0 Å². The first-order valence-corrected chi connectivity index (χ1v) is 7.10. The summed E-state index contributed by atoms with van der Waals surface area (Å²) in [4.78, 5) is 1.38. The fourth-order valence-corrected chi connectivity index (χ4v) is 3.57. The fourth-order valence-electron chi connectivity index (χ4n) is 2.16. The van der Waals surface area contributed by atoms with Gasteiger partial charge < -0.3 is 0 Å². The van der Waals surface area contributed by atoms with Crippen LogP contribution in [0.5, 0.6) is 0 Å². The zero-order valence-electron chi connectivity index (χ0n) is 8.86. The summed E-state index contributed by atoms with van der Waals surface area (Å²) in [6.45, 7) is 0. The van der Waals surface area contributed by atoms with Crippen molar-refractivity contribution in [1.29, 1.82) is 0 Å². The van der Waals surface area contributed by atoms with Crippen molar-refractivity contribution in [1.82, 2.24) is 0 Å². The Morgan fingerprint density at radius 3 is 2.67 bits per heavy atom. The summed E-state index contributed by atoms with van der Waals surface area (Å²) >= 11 is 8.20. The molecule has 2 heteroatoms. The maximum absolute atomic E-state index is 6.25. The second kappa shape index (κ2) is 5.81. The Hall–Kier alpha value is -0.140. The van der Waals surface area contributed by atoms with Gasteiger partial charge in [-0.05, 0) is 43.1 Å². The normalized spacial score (nSPS) is 25.7. The van der Waals surface area contributed by atoms with Gasteiger partial charge in [0.2, 0.25) is 0 Å². The topological polar surface area (TPSA) is 0 Å². The van der Waals surface area contributed by atoms with Gasteiger partial charge in [-0.2, -0.15) is 0 Å². The number of hydrogen-bond acceptors (Lipinski definition) is 1. The summed E-state index contributed by atoms with van der Waals surface area (Å²) in [5.41, 5.74) is 0. The summed E-state index contributed by atoms with van der Waals surface area (Å²) in [6.07, 6.45) is 5.16. The number of thioether (sulfide) groups is 1. The van der Waals surface area contributed by atoms with Crippen molar-refractivity contribution in [3.05, 3.63) is 30.3 Å². The van der Waals surface area contributed by atoms with E-state index in [-0.39, 0.29) is 0 Å². The van der Waals surface area contributed by atoms with Crippen molar-refractivity contribution in [3.8, 4) is 0 Å². The SMILES string of the molecule is ClC1CCCC1CCSc1ccccc1. The van der Waals surface area contributed by atoms with Gasteiger partial charge >= 0.3 is 0 Å². The van der Waals surface area contributed by atoms with Gasteiger partial charge in [0, 0.05) is 10.3 Å². The Bertz CT molecular complexity index is 286. The van der Waals surface area contributed by atoms with E-state index in [2.05, 4.69) is 30.3 Å². The summed E-state index contributed by atoms with van der Waals surface area (Å²) < 4.78 is 0. The average molecular weight is 241 g/mol. The highest BCUT2D eigenvalue weighted by atomic mass is 35.5. The molecule has 1 fully saturated rings. The fraction of sp³-hybridized carbons (Fsp3) is 0.538. The molecule has 1 aliphatic carbocycles. The summed E-state index contributed by atoms with van der Waals surface area (Å²) in [6, 6.07) is 10.6. The first-order chi connectivity index (χ1) is 7.36.